The Kier molecular flexibility index (Phi) is 13.3. The van der Waals surface area contributed by atoms with E-state index in [0.29, 0.717) is 0 Å². The monoisotopic (exact) mass is 182 g/mol. The van der Waals surface area contributed by atoms with Crippen LogP contribution >= 0.6 is 0 Å². The summed E-state index contributed by atoms with van der Waals surface area (Å²) < 4.78 is 0. The molecule has 0 heteroatoms. The van der Waals surface area contributed by atoms with Crippen molar-refractivity contribution in [1.82, 2.24) is 0 Å². The van der Waals surface area contributed by atoms with Crippen LogP contribution < -0.4 is 0 Å². The molecule has 13 heavy (non-hydrogen) atoms. The Hall–Kier alpha value is -0.480. The first-order chi connectivity index (χ1) is 6.08. The van der Waals surface area contributed by atoms with Gasteiger partial charge in [-0.2, -0.15) is 0 Å². The molecule has 1 rings (SSSR count). The largest absolute Gasteiger partial charge is 0.133 e. The highest BCUT2D eigenvalue weighted by molar-refractivity contribution is 4.67. The molecule has 78 valence electrons. The first kappa shape index (κ1) is 15.0. The van der Waals surface area contributed by atoms with Crippen LogP contribution in [-0.4, -0.2) is 0 Å². The van der Waals surface area contributed by atoms with E-state index in [0.717, 1.165) is 11.8 Å². The predicted octanol–water partition coefficient (Wildman–Crippen LogP) is 4.82. The Morgan fingerprint density at radius 3 is 1.69 bits per heavy atom. The van der Waals surface area contributed by atoms with Crippen molar-refractivity contribution < 1.29 is 0 Å². The molecule has 0 amide bonds. The smallest absolute Gasteiger partial charge is 0.0393 e. The van der Waals surface area contributed by atoms with Crippen LogP contribution in [0, 0.1) is 11.8 Å². The lowest BCUT2D eigenvalue weighted by Gasteiger charge is -1.90. The van der Waals surface area contributed by atoms with Crippen molar-refractivity contribution >= 4 is 0 Å². The van der Waals surface area contributed by atoms with Gasteiger partial charge in [0, 0.05) is 0 Å². The zero-order valence-corrected chi connectivity index (χ0v) is 10.1. The van der Waals surface area contributed by atoms with Crippen LogP contribution in [0.2, 0.25) is 0 Å². The predicted molar refractivity (Wildman–Crippen MR) is 62.9 cm³/mol. The maximum Gasteiger partial charge on any atom is -0.0393 e. The molecular weight excluding hydrogens is 156 g/mol. The maximum atomic E-state index is 3.30. The summed E-state index contributed by atoms with van der Waals surface area (Å²) in [5.74, 6) is 1.97. The van der Waals surface area contributed by atoms with Gasteiger partial charge in [0.2, 0.25) is 0 Å². The van der Waals surface area contributed by atoms with Crippen molar-refractivity contribution in [3.63, 3.8) is 0 Å². The SMILES string of the molecule is C=C=CC.CC1CC1.CCC(C)C. The second-order valence-electron chi connectivity index (χ2n) is 3.98. The van der Waals surface area contributed by atoms with Gasteiger partial charge in [-0.15, -0.1) is 5.73 Å². The lowest BCUT2D eigenvalue weighted by molar-refractivity contribution is 0.626. The lowest BCUT2D eigenvalue weighted by Crippen LogP contribution is -1.77. The molecule has 0 spiro atoms. The highest BCUT2D eigenvalue weighted by Gasteiger charge is 2.12. The minimum absolute atomic E-state index is 0.884. The van der Waals surface area contributed by atoms with Crippen LogP contribution in [0.15, 0.2) is 18.4 Å². The second kappa shape index (κ2) is 11.5. The average Bonchev–Trinajstić information content (AvgIpc) is 2.89. The highest BCUT2D eigenvalue weighted by atomic mass is 14.2. The van der Waals surface area contributed by atoms with Gasteiger partial charge in [-0.25, -0.2) is 0 Å². The molecule has 0 saturated heterocycles. The summed E-state index contributed by atoms with van der Waals surface area (Å²) in [6.07, 6.45) is 6.04. The minimum atomic E-state index is 0.884. The Morgan fingerprint density at radius 1 is 1.46 bits per heavy atom. The highest BCUT2D eigenvalue weighted by Crippen LogP contribution is 2.26. The summed E-state index contributed by atoms with van der Waals surface area (Å²) in [5, 5.41) is 0. The Morgan fingerprint density at radius 2 is 1.69 bits per heavy atom. The fourth-order valence-electron chi connectivity index (χ4n) is 0.167. The molecule has 0 nitrogen and oxygen atoms in total. The fraction of sp³-hybridized carbons (Fsp3) is 0.769. The van der Waals surface area contributed by atoms with E-state index in [-0.39, 0.29) is 0 Å². The van der Waals surface area contributed by atoms with Gasteiger partial charge in [-0.05, 0) is 24.8 Å². The van der Waals surface area contributed by atoms with Crippen molar-refractivity contribution in [2.24, 2.45) is 11.8 Å². The van der Waals surface area contributed by atoms with E-state index in [2.05, 4.69) is 40.0 Å². The van der Waals surface area contributed by atoms with Crippen LogP contribution in [-0.2, 0) is 0 Å². The van der Waals surface area contributed by atoms with E-state index in [9.17, 15) is 0 Å². The summed E-state index contributed by atoms with van der Waals surface area (Å²) in [6.45, 7) is 14.1. The number of hydrogen-bond donors (Lipinski definition) is 0. The molecular formula is C13H26. The lowest BCUT2D eigenvalue weighted by atomic mass is 10.2. The quantitative estimate of drug-likeness (QED) is 0.510. The number of rotatable bonds is 1. The van der Waals surface area contributed by atoms with E-state index < -0.39 is 0 Å². The van der Waals surface area contributed by atoms with Gasteiger partial charge >= 0.3 is 0 Å². The van der Waals surface area contributed by atoms with Crippen LogP contribution in [0.25, 0.3) is 0 Å². The Labute approximate surface area is 84.7 Å². The van der Waals surface area contributed by atoms with Crippen molar-refractivity contribution in [2.75, 3.05) is 0 Å². The third-order valence-electron chi connectivity index (χ3n) is 1.89. The third kappa shape index (κ3) is 34.3. The maximum absolute atomic E-state index is 3.30. The zero-order chi connectivity index (χ0) is 10.7. The van der Waals surface area contributed by atoms with E-state index in [1.54, 1.807) is 6.08 Å². The molecule has 0 N–H and O–H groups in total. The molecule has 0 unspecified atom stereocenters. The van der Waals surface area contributed by atoms with Gasteiger partial charge in [0.05, 0.1) is 0 Å². The van der Waals surface area contributed by atoms with E-state index in [1.807, 2.05) is 6.92 Å². The molecule has 0 aromatic carbocycles. The third-order valence-corrected chi connectivity index (χ3v) is 1.89. The molecule has 0 atom stereocenters. The summed E-state index contributed by atoms with van der Waals surface area (Å²) in [4.78, 5) is 0. The molecule has 1 aliphatic carbocycles. The van der Waals surface area contributed by atoms with E-state index in [1.165, 1.54) is 19.3 Å². The molecule has 1 fully saturated rings. The van der Waals surface area contributed by atoms with Crippen molar-refractivity contribution in [3.8, 4) is 0 Å². The molecule has 0 radical (unpaired) electrons. The molecule has 1 aliphatic rings. The molecule has 0 aromatic rings. The first-order valence-electron chi connectivity index (χ1n) is 5.38. The van der Waals surface area contributed by atoms with Gasteiger partial charge in [-0.3, -0.25) is 0 Å². The number of allylic oxidation sites excluding steroid dienone is 1. The molecule has 0 aromatic heterocycles. The summed E-state index contributed by atoms with van der Waals surface area (Å²) in [5.41, 5.74) is 2.56. The van der Waals surface area contributed by atoms with Crippen molar-refractivity contribution in [2.45, 2.75) is 53.9 Å². The molecule has 1 saturated carbocycles. The second-order valence-corrected chi connectivity index (χ2v) is 3.98. The van der Waals surface area contributed by atoms with Crippen LogP contribution in [0.1, 0.15) is 53.9 Å². The Bertz CT molecular complexity index is 123. The first-order valence-corrected chi connectivity index (χ1v) is 5.38. The fourth-order valence-corrected chi connectivity index (χ4v) is 0.167. The average molecular weight is 182 g/mol. The standard InChI is InChI=1S/C5H12.C4H8.C4H6/c1-4-5(2)3;1-4-2-3-4;1-3-4-2/h5H,4H2,1-3H3;4H,2-3H2,1H3;4H,1H2,2H3. The van der Waals surface area contributed by atoms with E-state index in [4.69, 9.17) is 0 Å². The van der Waals surface area contributed by atoms with Crippen LogP contribution in [0.4, 0.5) is 0 Å². The molecule has 0 aliphatic heterocycles. The van der Waals surface area contributed by atoms with Gasteiger partial charge in [0.15, 0.2) is 0 Å². The summed E-state index contributed by atoms with van der Waals surface area (Å²) >= 11 is 0. The zero-order valence-electron chi connectivity index (χ0n) is 10.1. The topological polar surface area (TPSA) is 0 Å². The normalized spacial score (nSPS) is 13.1. The summed E-state index contributed by atoms with van der Waals surface area (Å²) in [6, 6.07) is 0. The van der Waals surface area contributed by atoms with Crippen LogP contribution in [0.3, 0.4) is 0 Å². The molecule has 0 heterocycles. The van der Waals surface area contributed by atoms with Crippen molar-refractivity contribution in [3.05, 3.63) is 18.4 Å². The van der Waals surface area contributed by atoms with Crippen molar-refractivity contribution in [1.29, 1.82) is 0 Å². The van der Waals surface area contributed by atoms with Crippen LogP contribution in [0.5, 0.6) is 0 Å². The van der Waals surface area contributed by atoms with Gasteiger partial charge in [0.25, 0.3) is 0 Å². The minimum Gasteiger partial charge on any atom is -0.133 e. The summed E-state index contributed by atoms with van der Waals surface area (Å²) in [7, 11) is 0. The van der Waals surface area contributed by atoms with Gasteiger partial charge in [0.1, 0.15) is 0 Å². The van der Waals surface area contributed by atoms with Gasteiger partial charge < -0.3 is 0 Å². The van der Waals surface area contributed by atoms with E-state index >= 15 is 0 Å². The Balaban J connectivity index is 0. The van der Waals surface area contributed by atoms with Gasteiger partial charge in [-0.1, -0.05) is 53.5 Å². The molecule has 0 bridgehead atoms. The number of hydrogen-bond acceptors (Lipinski definition) is 0.